The van der Waals surface area contributed by atoms with Crippen LogP contribution in [0.1, 0.15) is 34.1 Å². The molecule has 0 amide bonds. The van der Waals surface area contributed by atoms with Crippen LogP contribution in [0.3, 0.4) is 0 Å². The van der Waals surface area contributed by atoms with Gasteiger partial charge < -0.3 is 5.32 Å². The summed E-state index contributed by atoms with van der Waals surface area (Å²) in [6, 6.07) is 8.29. The third-order valence-electron chi connectivity index (χ3n) is 2.94. The molecule has 0 radical (unpaired) electrons. The van der Waals surface area contributed by atoms with Gasteiger partial charge in [-0.15, -0.1) is 11.3 Å². The first-order valence-corrected chi connectivity index (χ1v) is 7.17. The standard InChI is InChI=1S/C14H17ClN2S/c1-9(12-4-6-13(15)7-5-12)16-8-14-10(2)17-11(3)18-14/h4-7,9,16H,8H2,1-3H3/t9-/m1/s1. The van der Waals surface area contributed by atoms with Gasteiger partial charge in [0, 0.05) is 22.5 Å². The van der Waals surface area contributed by atoms with Crippen LogP contribution in [0.25, 0.3) is 0 Å². The fourth-order valence-electron chi connectivity index (χ4n) is 1.85. The minimum atomic E-state index is 0.309. The van der Waals surface area contributed by atoms with E-state index in [2.05, 4.69) is 36.3 Å². The van der Waals surface area contributed by atoms with Crippen LogP contribution in [-0.4, -0.2) is 4.98 Å². The lowest BCUT2D eigenvalue weighted by atomic mass is 10.1. The van der Waals surface area contributed by atoms with Gasteiger partial charge in [0.25, 0.3) is 0 Å². The Morgan fingerprint density at radius 2 is 1.94 bits per heavy atom. The molecule has 0 saturated carbocycles. The Morgan fingerprint density at radius 3 is 2.50 bits per heavy atom. The number of hydrogen-bond donors (Lipinski definition) is 1. The van der Waals surface area contributed by atoms with E-state index in [-0.39, 0.29) is 0 Å². The second-order valence-corrected chi connectivity index (χ2v) is 6.12. The molecular formula is C14H17ClN2S. The lowest BCUT2D eigenvalue weighted by Crippen LogP contribution is -2.17. The van der Waals surface area contributed by atoms with E-state index >= 15 is 0 Å². The highest BCUT2D eigenvalue weighted by Gasteiger charge is 2.08. The van der Waals surface area contributed by atoms with Crippen molar-refractivity contribution in [1.82, 2.24) is 10.3 Å². The molecule has 0 aliphatic rings. The number of thiazole rings is 1. The summed E-state index contributed by atoms with van der Waals surface area (Å²) in [5.41, 5.74) is 2.38. The number of rotatable bonds is 4. The average Bonchev–Trinajstić information content (AvgIpc) is 2.66. The molecule has 1 atom stereocenters. The van der Waals surface area contributed by atoms with Crippen LogP contribution in [0.2, 0.25) is 5.02 Å². The van der Waals surface area contributed by atoms with Gasteiger partial charge in [0.05, 0.1) is 10.7 Å². The van der Waals surface area contributed by atoms with Crippen LogP contribution < -0.4 is 5.32 Å². The fraction of sp³-hybridized carbons (Fsp3) is 0.357. The summed E-state index contributed by atoms with van der Waals surface area (Å²) in [4.78, 5) is 5.75. The molecule has 1 N–H and O–H groups in total. The molecule has 1 aromatic heterocycles. The Morgan fingerprint density at radius 1 is 1.28 bits per heavy atom. The third kappa shape index (κ3) is 3.31. The van der Waals surface area contributed by atoms with Crippen molar-refractivity contribution in [1.29, 1.82) is 0 Å². The van der Waals surface area contributed by atoms with E-state index in [1.165, 1.54) is 10.4 Å². The fourth-order valence-corrected chi connectivity index (χ4v) is 2.87. The number of hydrogen-bond acceptors (Lipinski definition) is 3. The minimum Gasteiger partial charge on any atom is -0.305 e. The molecule has 2 aromatic rings. The van der Waals surface area contributed by atoms with Gasteiger partial charge in [-0.1, -0.05) is 23.7 Å². The first-order chi connectivity index (χ1) is 8.56. The molecule has 0 fully saturated rings. The van der Waals surface area contributed by atoms with E-state index < -0.39 is 0 Å². The molecule has 0 spiro atoms. The minimum absolute atomic E-state index is 0.309. The maximum atomic E-state index is 5.89. The van der Waals surface area contributed by atoms with Gasteiger partial charge in [0.2, 0.25) is 0 Å². The van der Waals surface area contributed by atoms with Gasteiger partial charge in [-0.05, 0) is 38.5 Å². The van der Waals surface area contributed by atoms with Crippen molar-refractivity contribution in [3.63, 3.8) is 0 Å². The summed E-state index contributed by atoms with van der Waals surface area (Å²) < 4.78 is 0. The predicted octanol–water partition coefficient (Wildman–Crippen LogP) is 4.26. The molecule has 2 nitrogen and oxygen atoms in total. The zero-order valence-electron chi connectivity index (χ0n) is 10.8. The van der Waals surface area contributed by atoms with Crippen LogP contribution in [0.15, 0.2) is 24.3 Å². The Balaban J connectivity index is 1.98. The second-order valence-electron chi connectivity index (χ2n) is 4.40. The summed E-state index contributed by atoms with van der Waals surface area (Å²) >= 11 is 7.65. The molecule has 2 rings (SSSR count). The van der Waals surface area contributed by atoms with Gasteiger partial charge in [-0.25, -0.2) is 4.98 Å². The summed E-state index contributed by atoms with van der Waals surface area (Å²) in [7, 11) is 0. The van der Waals surface area contributed by atoms with Gasteiger partial charge in [-0.3, -0.25) is 0 Å². The predicted molar refractivity (Wildman–Crippen MR) is 78.3 cm³/mol. The number of nitrogens with one attached hydrogen (secondary N) is 1. The number of benzene rings is 1. The summed E-state index contributed by atoms with van der Waals surface area (Å²) in [6.45, 7) is 7.13. The van der Waals surface area contributed by atoms with Crippen LogP contribution in [0.4, 0.5) is 0 Å². The molecule has 0 unspecified atom stereocenters. The maximum absolute atomic E-state index is 5.89. The highest BCUT2D eigenvalue weighted by molar-refractivity contribution is 7.11. The SMILES string of the molecule is Cc1nc(C)c(CN[C@H](C)c2ccc(Cl)cc2)s1. The van der Waals surface area contributed by atoms with Crippen molar-refractivity contribution in [2.75, 3.05) is 0 Å². The Hall–Kier alpha value is -0.900. The van der Waals surface area contributed by atoms with Crippen molar-refractivity contribution in [2.24, 2.45) is 0 Å². The Kier molecular flexibility index (Phi) is 4.38. The van der Waals surface area contributed by atoms with Gasteiger partial charge >= 0.3 is 0 Å². The normalized spacial score (nSPS) is 12.7. The summed E-state index contributed by atoms with van der Waals surface area (Å²) in [5, 5.41) is 5.42. The first-order valence-electron chi connectivity index (χ1n) is 5.98. The van der Waals surface area contributed by atoms with Crippen LogP contribution in [0.5, 0.6) is 0 Å². The smallest absolute Gasteiger partial charge is 0.0900 e. The molecule has 18 heavy (non-hydrogen) atoms. The van der Waals surface area contributed by atoms with Crippen molar-refractivity contribution in [3.05, 3.63) is 50.4 Å². The molecule has 0 aliphatic heterocycles. The summed E-state index contributed by atoms with van der Waals surface area (Å²) in [6.07, 6.45) is 0. The Labute approximate surface area is 117 Å². The molecular weight excluding hydrogens is 264 g/mol. The largest absolute Gasteiger partial charge is 0.305 e. The lowest BCUT2D eigenvalue weighted by Gasteiger charge is -2.13. The van der Waals surface area contributed by atoms with Crippen molar-refractivity contribution in [2.45, 2.75) is 33.4 Å². The zero-order valence-corrected chi connectivity index (χ0v) is 12.4. The first kappa shape index (κ1) is 13.5. The molecule has 1 heterocycles. The summed E-state index contributed by atoms with van der Waals surface area (Å²) in [5.74, 6) is 0. The van der Waals surface area contributed by atoms with Crippen LogP contribution >= 0.6 is 22.9 Å². The van der Waals surface area contributed by atoms with Crippen LogP contribution in [0, 0.1) is 13.8 Å². The molecule has 0 aliphatic carbocycles. The second kappa shape index (κ2) is 5.83. The van der Waals surface area contributed by atoms with Crippen molar-refractivity contribution < 1.29 is 0 Å². The van der Waals surface area contributed by atoms with Gasteiger partial charge in [-0.2, -0.15) is 0 Å². The van der Waals surface area contributed by atoms with E-state index in [0.717, 1.165) is 22.3 Å². The van der Waals surface area contributed by atoms with E-state index in [9.17, 15) is 0 Å². The average molecular weight is 281 g/mol. The lowest BCUT2D eigenvalue weighted by molar-refractivity contribution is 0.577. The zero-order chi connectivity index (χ0) is 13.1. The van der Waals surface area contributed by atoms with Crippen LogP contribution in [-0.2, 0) is 6.54 Å². The topological polar surface area (TPSA) is 24.9 Å². The van der Waals surface area contributed by atoms with E-state index in [0.29, 0.717) is 6.04 Å². The molecule has 4 heteroatoms. The number of halogens is 1. The van der Waals surface area contributed by atoms with Gasteiger partial charge in [0.1, 0.15) is 0 Å². The third-order valence-corrected chi connectivity index (χ3v) is 4.26. The Bertz CT molecular complexity index is 519. The van der Waals surface area contributed by atoms with Gasteiger partial charge in [0.15, 0.2) is 0 Å². The number of aryl methyl sites for hydroxylation is 2. The van der Waals surface area contributed by atoms with E-state index in [1.807, 2.05) is 19.1 Å². The quantitative estimate of drug-likeness (QED) is 0.905. The molecule has 96 valence electrons. The molecule has 0 bridgehead atoms. The van der Waals surface area contributed by atoms with Crippen molar-refractivity contribution in [3.8, 4) is 0 Å². The highest BCUT2D eigenvalue weighted by atomic mass is 35.5. The van der Waals surface area contributed by atoms with Crippen molar-refractivity contribution >= 4 is 22.9 Å². The molecule has 1 aromatic carbocycles. The van der Waals surface area contributed by atoms with E-state index in [1.54, 1.807) is 11.3 Å². The number of nitrogens with zero attached hydrogens (tertiary/aromatic N) is 1. The highest BCUT2D eigenvalue weighted by Crippen LogP contribution is 2.20. The van der Waals surface area contributed by atoms with E-state index in [4.69, 9.17) is 11.6 Å². The maximum Gasteiger partial charge on any atom is 0.0900 e. The monoisotopic (exact) mass is 280 g/mol. The molecule has 0 saturated heterocycles. The number of aromatic nitrogens is 1.